The van der Waals surface area contributed by atoms with Gasteiger partial charge in [0.05, 0.1) is 6.10 Å². The van der Waals surface area contributed by atoms with Crippen molar-refractivity contribution in [2.45, 2.75) is 85.2 Å². The molecule has 182 valence electrons. The van der Waals surface area contributed by atoms with Crippen LogP contribution in [0.4, 0.5) is 0 Å². The topological polar surface area (TPSA) is 143 Å². The molecule has 0 heterocycles. The summed E-state index contributed by atoms with van der Waals surface area (Å²) in [5.74, 6) is 1.57. The van der Waals surface area contributed by atoms with Gasteiger partial charge in [-0.15, -0.1) is 0 Å². The Morgan fingerprint density at radius 3 is 2.19 bits per heavy atom. The molecular formula is C25H48N2O4. The summed E-state index contributed by atoms with van der Waals surface area (Å²) in [6.07, 6.45) is 8.52. The van der Waals surface area contributed by atoms with Gasteiger partial charge in [-0.2, -0.15) is 0 Å². The average Bonchev–Trinajstić information content (AvgIpc) is 3.05. The molecule has 6 heteroatoms. The quantitative estimate of drug-likeness (QED) is 0.485. The first-order valence-corrected chi connectivity index (χ1v) is 11.9. The number of quaternary nitrogens is 1. The zero-order valence-corrected chi connectivity index (χ0v) is 20.5. The molecule has 0 aromatic heterocycles. The Balaban J connectivity index is 0.000000885. The second kappa shape index (κ2) is 11.3. The number of allylic oxidation sites excluding steroid dienone is 1. The van der Waals surface area contributed by atoms with Gasteiger partial charge in [0.1, 0.15) is 0 Å². The molecule has 3 fully saturated rings. The summed E-state index contributed by atoms with van der Waals surface area (Å²) in [7, 11) is 0. The Hall–Kier alpha value is -0.950. The standard InChI is InChI=1S/C23H41NO2.C2H4O2.H3N/c1-5-15(2)19-6-7-20-18(13-24)21(9-11-23(19,20)4)22(3)10-8-17(26)12-16(22)14-25;1-2(3)4;/h16-21,25-26H,2,5-14,24H2,1,3-4H3;1H3,(H,3,4);1H3/t16-,17+,18-,19?,20?,21?,22+,23+;;/m1../s1. The molecule has 3 aliphatic rings. The highest BCUT2D eigenvalue weighted by molar-refractivity contribution is 5.60. The van der Waals surface area contributed by atoms with Crippen LogP contribution in [0.2, 0.25) is 0 Å². The summed E-state index contributed by atoms with van der Waals surface area (Å²) in [4.78, 5) is 8.89. The molecule has 8 atom stereocenters. The molecule has 0 aromatic rings. The molecule has 0 saturated heterocycles. The highest BCUT2D eigenvalue weighted by Crippen LogP contribution is 2.64. The zero-order valence-electron chi connectivity index (χ0n) is 20.5. The number of fused-ring (bicyclic) bond motifs is 1. The molecule has 3 unspecified atom stereocenters. The zero-order chi connectivity index (χ0) is 22.7. The molecular weight excluding hydrogens is 392 g/mol. The number of rotatable bonds is 5. The minimum Gasteiger partial charge on any atom is -0.550 e. The van der Waals surface area contributed by atoms with Crippen LogP contribution in [0.3, 0.4) is 0 Å². The molecule has 3 saturated carbocycles. The van der Waals surface area contributed by atoms with Crippen molar-refractivity contribution < 1.29 is 20.1 Å². The number of nitrogens with two attached hydrogens (primary N) is 1. The van der Waals surface area contributed by atoms with Crippen LogP contribution < -0.4 is 17.0 Å². The van der Waals surface area contributed by atoms with Crippen molar-refractivity contribution in [3.63, 3.8) is 0 Å². The van der Waals surface area contributed by atoms with E-state index in [9.17, 15) is 10.2 Å². The first-order valence-electron chi connectivity index (χ1n) is 11.9. The SMILES string of the molecule is C=C(CC)C1CCC2[C@@H](CN)C([C@@]3(C)CC[C@H](O)C[C@@H]3CO)CC[C@@]12C.CC(=O)[O-].[NH4+]. The Bertz CT molecular complexity index is 608. The Morgan fingerprint density at radius 2 is 1.68 bits per heavy atom. The van der Waals surface area contributed by atoms with Crippen LogP contribution in [0.25, 0.3) is 0 Å². The molecule has 31 heavy (non-hydrogen) atoms. The molecule has 8 N–H and O–H groups in total. The van der Waals surface area contributed by atoms with Gasteiger partial charge in [-0.05, 0) is 105 Å². The summed E-state index contributed by atoms with van der Waals surface area (Å²) < 4.78 is 0. The number of carbonyl (C=O) groups is 1. The molecule has 3 aliphatic carbocycles. The van der Waals surface area contributed by atoms with Crippen LogP contribution >= 0.6 is 0 Å². The van der Waals surface area contributed by atoms with E-state index in [4.69, 9.17) is 15.6 Å². The number of aliphatic hydroxyl groups is 2. The molecule has 0 aromatic carbocycles. The third-order valence-electron chi connectivity index (χ3n) is 9.23. The molecule has 6 nitrogen and oxygen atoms in total. The van der Waals surface area contributed by atoms with Crippen LogP contribution in [0.1, 0.15) is 79.1 Å². The maximum absolute atomic E-state index is 10.1. The van der Waals surface area contributed by atoms with Gasteiger partial charge in [0, 0.05) is 12.6 Å². The van der Waals surface area contributed by atoms with Crippen LogP contribution in [-0.4, -0.2) is 35.4 Å². The van der Waals surface area contributed by atoms with Gasteiger partial charge in [0.15, 0.2) is 0 Å². The second-order valence-electron chi connectivity index (χ2n) is 10.6. The molecule has 0 amide bonds. The molecule has 0 spiro atoms. The lowest BCUT2D eigenvalue weighted by atomic mass is 9.48. The minimum absolute atomic E-state index is 0. The molecule has 0 aliphatic heterocycles. The van der Waals surface area contributed by atoms with Gasteiger partial charge in [0.25, 0.3) is 0 Å². The van der Waals surface area contributed by atoms with Crippen LogP contribution in [0, 0.1) is 40.4 Å². The molecule has 0 bridgehead atoms. The number of hydrogen-bond acceptors (Lipinski definition) is 5. The maximum Gasteiger partial charge on any atom is 0.0544 e. The summed E-state index contributed by atoms with van der Waals surface area (Å²) in [5.41, 5.74) is 8.31. The van der Waals surface area contributed by atoms with E-state index >= 15 is 0 Å². The summed E-state index contributed by atoms with van der Waals surface area (Å²) in [6.45, 7) is 13.5. The van der Waals surface area contributed by atoms with E-state index in [0.717, 1.165) is 39.2 Å². The first kappa shape index (κ1) is 28.1. The van der Waals surface area contributed by atoms with Crippen molar-refractivity contribution in [1.29, 1.82) is 0 Å². The van der Waals surface area contributed by atoms with Crippen LogP contribution in [-0.2, 0) is 4.79 Å². The van der Waals surface area contributed by atoms with Crippen molar-refractivity contribution in [3.8, 4) is 0 Å². The van der Waals surface area contributed by atoms with E-state index in [1.54, 1.807) is 0 Å². The number of aliphatic carboxylic acids is 1. The van der Waals surface area contributed by atoms with Crippen molar-refractivity contribution in [2.24, 2.45) is 46.2 Å². The van der Waals surface area contributed by atoms with Gasteiger partial charge in [-0.25, -0.2) is 0 Å². The maximum atomic E-state index is 10.1. The van der Waals surface area contributed by atoms with E-state index < -0.39 is 5.97 Å². The largest absolute Gasteiger partial charge is 0.550 e. The Labute approximate surface area is 189 Å². The third kappa shape index (κ3) is 5.52. The van der Waals surface area contributed by atoms with Crippen molar-refractivity contribution >= 4 is 5.97 Å². The van der Waals surface area contributed by atoms with E-state index in [0.29, 0.717) is 29.1 Å². The Morgan fingerprint density at radius 1 is 1.13 bits per heavy atom. The number of carbonyl (C=O) groups excluding carboxylic acids is 1. The van der Waals surface area contributed by atoms with Gasteiger partial charge >= 0.3 is 0 Å². The second-order valence-corrected chi connectivity index (χ2v) is 10.6. The number of aliphatic hydroxyl groups excluding tert-OH is 2. The van der Waals surface area contributed by atoms with Crippen molar-refractivity contribution in [3.05, 3.63) is 12.2 Å². The lowest BCUT2D eigenvalue weighted by Crippen LogP contribution is -2.53. The van der Waals surface area contributed by atoms with E-state index in [1.807, 2.05) is 0 Å². The predicted molar refractivity (Wildman–Crippen MR) is 124 cm³/mol. The number of hydrogen-bond donors (Lipinski definition) is 4. The number of carboxylic acid groups (broad SMARTS) is 1. The third-order valence-corrected chi connectivity index (χ3v) is 9.23. The molecule has 3 rings (SSSR count). The monoisotopic (exact) mass is 440 g/mol. The lowest BCUT2D eigenvalue weighted by Gasteiger charge is -2.57. The first-order chi connectivity index (χ1) is 14.0. The highest BCUT2D eigenvalue weighted by atomic mass is 16.4. The van der Waals surface area contributed by atoms with E-state index in [-0.39, 0.29) is 30.2 Å². The van der Waals surface area contributed by atoms with Gasteiger partial charge in [0.2, 0.25) is 0 Å². The van der Waals surface area contributed by atoms with Gasteiger partial charge in [-0.3, -0.25) is 0 Å². The minimum atomic E-state index is -1.08. The average molecular weight is 441 g/mol. The fourth-order valence-corrected chi connectivity index (χ4v) is 7.52. The van der Waals surface area contributed by atoms with Gasteiger partial charge < -0.3 is 32.0 Å². The van der Waals surface area contributed by atoms with E-state index in [2.05, 4.69) is 27.4 Å². The van der Waals surface area contributed by atoms with Crippen LogP contribution in [0.5, 0.6) is 0 Å². The van der Waals surface area contributed by atoms with Crippen LogP contribution in [0.15, 0.2) is 12.2 Å². The smallest absolute Gasteiger partial charge is 0.0544 e. The normalized spacial score (nSPS) is 41.9. The summed E-state index contributed by atoms with van der Waals surface area (Å²) in [6, 6.07) is 0. The predicted octanol–water partition coefficient (Wildman–Crippen LogP) is 3.26. The fraction of sp³-hybridized carbons (Fsp3) is 0.880. The van der Waals surface area contributed by atoms with Crippen molar-refractivity contribution in [1.82, 2.24) is 6.15 Å². The number of carboxylic acids is 1. The lowest BCUT2D eigenvalue weighted by molar-refractivity contribution is -0.302. The fourth-order valence-electron chi connectivity index (χ4n) is 7.52. The highest BCUT2D eigenvalue weighted by Gasteiger charge is 2.58. The Kier molecular flexibility index (Phi) is 10.2. The summed E-state index contributed by atoms with van der Waals surface area (Å²) >= 11 is 0. The van der Waals surface area contributed by atoms with E-state index in [1.165, 1.54) is 31.3 Å². The van der Waals surface area contributed by atoms with Crippen molar-refractivity contribution in [2.75, 3.05) is 13.2 Å². The van der Waals surface area contributed by atoms with Gasteiger partial charge in [-0.1, -0.05) is 32.9 Å². The summed E-state index contributed by atoms with van der Waals surface area (Å²) in [5, 5.41) is 29.1. The molecule has 0 radical (unpaired) electrons.